The summed E-state index contributed by atoms with van der Waals surface area (Å²) in [7, 11) is 3.90. The number of nitrogens with one attached hydrogen (secondary N) is 1. The molecule has 1 heterocycles. The molecule has 1 N–H and O–H groups in total. The number of nitrogens with zero attached hydrogens (tertiary/aromatic N) is 3. The van der Waals surface area contributed by atoms with Gasteiger partial charge in [0.15, 0.2) is 0 Å². The van der Waals surface area contributed by atoms with Crippen molar-refractivity contribution < 1.29 is 0 Å². The number of benzene rings is 1. The molecule has 34 heavy (non-hydrogen) atoms. The Labute approximate surface area is 207 Å². The molecule has 0 amide bonds. The van der Waals surface area contributed by atoms with Crippen molar-refractivity contribution in [2.75, 3.05) is 27.2 Å². The second kappa shape index (κ2) is 14.1. The molecule has 4 nitrogen and oxygen atoms in total. The highest BCUT2D eigenvalue weighted by molar-refractivity contribution is 5.94. The zero-order chi connectivity index (χ0) is 24.9. The normalized spacial score (nSPS) is 17.6. The lowest BCUT2D eigenvalue weighted by atomic mass is 10.0. The highest BCUT2D eigenvalue weighted by atomic mass is 15.3. The third-order valence-corrected chi connectivity index (χ3v) is 6.16. The number of hydrogen-bond donors (Lipinski definition) is 1. The minimum atomic E-state index is 0.738. The first-order valence-electron chi connectivity index (χ1n) is 12.3. The van der Waals surface area contributed by atoms with Gasteiger partial charge in [0.25, 0.3) is 0 Å². The van der Waals surface area contributed by atoms with Crippen LogP contribution in [0.3, 0.4) is 0 Å². The Hall–Kier alpha value is -3.27. The fraction of sp³-hybridized carbons (Fsp3) is 0.367. The lowest BCUT2D eigenvalue weighted by Gasteiger charge is -2.25. The highest BCUT2D eigenvalue weighted by Crippen LogP contribution is 2.23. The van der Waals surface area contributed by atoms with Crippen LogP contribution in [0.25, 0.3) is 5.57 Å². The first-order valence-corrected chi connectivity index (χ1v) is 12.3. The zero-order valence-electron chi connectivity index (χ0n) is 21.6. The summed E-state index contributed by atoms with van der Waals surface area (Å²) in [4.78, 5) is 9.55. The van der Waals surface area contributed by atoms with Crippen molar-refractivity contribution in [1.82, 2.24) is 15.1 Å². The Kier molecular flexibility index (Phi) is 11.2. The molecule has 1 saturated heterocycles. The average molecular weight is 459 g/mol. The number of allylic oxidation sites excluding steroid dienone is 5. The van der Waals surface area contributed by atoms with E-state index in [4.69, 9.17) is 4.99 Å². The smallest absolute Gasteiger partial charge is 0.136 e. The van der Waals surface area contributed by atoms with E-state index in [1.165, 1.54) is 19.3 Å². The zero-order valence-corrected chi connectivity index (χ0v) is 21.6. The molecular formula is C30H42N4. The van der Waals surface area contributed by atoms with E-state index in [2.05, 4.69) is 62.0 Å². The number of rotatable bonds is 10. The first kappa shape index (κ1) is 27.0. The fourth-order valence-electron chi connectivity index (χ4n) is 3.71. The molecule has 1 fully saturated rings. The number of aliphatic imine (C=N–C) groups is 1. The van der Waals surface area contributed by atoms with E-state index in [0.717, 1.165) is 59.4 Å². The third-order valence-electron chi connectivity index (χ3n) is 6.16. The molecule has 4 heteroatoms. The van der Waals surface area contributed by atoms with Crippen LogP contribution in [0.15, 0.2) is 103 Å². The maximum atomic E-state index is 5.13. The minimum Gasteiger partial charge on any atom is -0.394 e. The van der Waals surface area contributed by atoms with E-state index < -0.39 is 0 Å². The van der Waals surface area contributed by atoms with Crippen LogP contribution in [-0.4, -0.2) is 42.8 Å². The Balaban J connectivity index is 2.39. The van der Waals surface area contributed by atoms with Gasteiger partial charge >= 0.3 is 0 Å². The summed E-state index contributed by atoms with van der Waals surface area (Å²) in [5.74, 6) is 2.50. The van der Waals surface area contributed by atoms with E-state index in [1.807, 2.05) is 61.7 Å². The van der Waals surface area contributed by atoms with Crippen LogP contribution in [0.2, 0.25) is 0 Å². The number of likely N-dealkylation sites (N-methyl/N-ethyl adjacent to an activating group) is 1. The second-order valence-electron chi connectivity index (χ2n) is 8.92. The summed E-state index contributed by atoms with van der Waals surface area (Å²) in [5, 5.41) is 3.09. The topological polar surface area (TPSA) is 30.9 Å². The van der Waals surface area contributed by atoms with Crippen LogP contribution in [-0.2, 0) is 0 Å². The molecular weight excluding hydrogens is 416 g/mol. The predicted molar refractivity (Wildman–Crippen MR) is 149 cm³/mol. The van der Waals surface area contributed by atoms with Gasteiger partial charge in [0, 0.05) is 33.4 Å². The second-order valence-corrected chi connectivity index (χ2v) is 8.92. The quantitative estimate of drug-likeness (QED) is 0.239. The number of amidine groups is 1. The molecule has 1 aromatic carbocycles. The molecule has 1 aliphatic heterocycles. The largest absolute Gasteiger partial charge is 0.394 e. The van der Waals surface area contributed by atoms with E-state index in [-0.39, 0.29) is 0 Å². The van der Waals surface area contributed by atoms with Crippen LogP contribution < -0.4 is 5.32 Å². The van der Waals surface area contributed by atoms with Crippen LogP contribution in [0.4, 0.5) is 0 Å². The van der Waals surface area contributed by atoms with Gasteiger partial charge in [-0.15, -0.1) is 0 Å². The molecule has 0 aliphatic carbocycles. The van der Waals surface area contributed by atoms with Gasteiger partial charge in [-0.3, -0.25) is 0 Å². The van der Waals surface area contributed by atoms with Crippen molar-refractivity contribution in [3.05, 3.63) is 103 Å². The van der Waals surface area contributed by atoms with Gasteiger partial charge in [-0.25, -0.2) is 4.99 Å². The monoisotopic (exact) mass is 458 g/mol. The van der Waals surface area contributed by atoms with Gasteiger partial charge in [-0.2, -0.15) is 0 Å². The first-order chi connectivity index (χ1) is 16.3. The van der Waals surface area contributed by atoms with Crippen molar-refractivity contribution in [1.29, 1.82) is 0 Å². The van der Waals surface area contributed by atoms with E-state index in [1.54, 1.807) is 0 Å². The lowest BCUT2D eigenvalue weighted by molar-refractivity contribution is 0.349. The molecule has 0 spiro atoms. The standard InChI is InChI=1S/C30H42N4/c1-8-25(3)27(5)23-30(34-20-12-13-24(2)17-22-34)32-29(16-19-31-6)33(7)21-18-26(4)28-14-10-9-11-15-28/h9-11,14-16,18-19,21,23-24,31H,3-5,8,12-13,17,20,22H2,1-2,6-7H3/b19-16-,21-18-,30-23-,32-29+. The summed E-state index contributed by atoms with van der Waals surface area (Å²) in [6.07, 6.45) is 14.5. The Bertz CT molecular complexity index is 949. The van der Waals surface area contributed by atoms with Gasteiger partial charge in [0.05, 0.1) is 0 Å². The lowest BCUT2D eigenvalue weighted by Crippen LogP contribution is -2.27. The minimum absolute atomic E-state index is 0.738. The molecule has 182 valence electrons. The third kappa shape index (κ3) is 8.58. The van der Waals surface area contributed by atoms with Crippen molar-refractivity contribution in [3.8, 4) is 0 Å². The Morgan fingerprint density at radius 1 is 1.15 bits per heavy atom. The molecule has 1 unspecified atom stereocenters. The molecule has 2 rings (SSSR count). The maximum absolute atomic E-state index is 5.13. The SMILES string of the molecule is C=C(/C=C(/N=C(\C=C/NC)N(C)/C=C\C(=C)c1ccccc1)N1CCCC(C)CC1)C(=C)CC. The summed E-state index contributed by atoms with van der Waals surface area (Å²) < 4.78 is 0. The van der Waals surface area contributed by atoms with E-state index >= 15 is 0 Å². The van der Waals surface area contributed by atoms with Gasteiger partial charge in [0.2, 0.25) is 0 Å². The summed E-state index contributed by atoms with van der Waals surface area (Å²) in [5.41, 5.74) is 4.03. The van der Waals surface area contributed by atoms with Crippen molar-refractivity contribution in [2.24, 2.45) is 10.9 Å². The van der Waals surface area contributed by atoms with Crippen LogP contribution in [0.1, 0.15) is 45.1 Å². The van der Waals surface area contributed by atoms with E-state index in [0.29, 0.717) is 0 Å². The van der Waals surface area contributed by atoms with Crippen LogP contribution >= 0.6 is 0 Å². The van der Waals surface area contributed by atoms with Crippen molar-refractivity contribution in [3.63, 3.8) is 0 Å². The summed E-state index contributed by atoms with van der Waals surface area (Å²) in [6.45, 7) is 19.1. The van der Waals surface area contributed by atoms with Crippen LogP contribution in [0.5, 0.6) is 0 Å². The number of hydrogen-bond acceptors (Lipinski definition) is 3. The number of likely N-dealkylation sites (tertiary alicyclic amines) is 1. The van der Waals surface area contributed by atoms with Crippen LogP contribution in [0, 0.1) is 5.92 Å². The van der Waals surface area contributed by atoms with Gasteiger partial charge in [0.1, 0.15) is 11.7 Å². The molecule has 1 atom stereocenters. The van der Waals surface area contributed by atoms with Gasteiger partial charge in [-0.1, -0.05) is 63.9 Å². The Morgan fingerprint density at radius 2 is 1.88 bits per heavy atom. The molecule has 0 saturated carbocycles. The summed E-state index contributed by atoms with van der Waals surface area (Å²) in [6, 6.07) is 10.2. The molecule has 0 bridgehead atoms. The fourth-order valence-corrected chi connectivity index (χ4v) is 3.71. The molecule has 0 aromatic heterocycles. The molecule has 1 aliphatic rings. The van der Waals surface area contributed by atoms with E-state index in [9.17, 15) is 0 Å². The maximum Gasteiger partial charge on any atom is 0.136 e. The Morgan fingerprint density at radius 3 is 2.56 bits per heavy atom. The van der Waals surface area contributed by atoms with Crippen molar-refractivity contribution in [2.45, 2.75) is 39.5 Å². The molecule has 0 radical (unpaired) electrons. The summed E-state index contributed by atoms with van der Waals surface area (Å²) >= 11 is 0. The van der Waals surface area contributed by atoms with Gasteiger partial charge in [-0.05, 0) is 78.3 Å². The van der Waals surface area contributed by atoms with Gasteiger partial charge < -0.3 is 15.1 Å². The molecule has 1 aromatic rings. The average Bonchev–Trinajstić information content (AvgIpc) is 3.08. The van der Waals surface area contributed by atoms with Crippen molar-refractivity contribution >= 4 is 11.4 Å². The highest BCUT2D eigenvalue weighted by Gasteiger charge is 2.17. The predicted octanol–water partition coefficient (Wildman–Crippen LogP) is 6.76.